The molecule has 0 bridgehead atoms. The number of hydrogen-bond donors (Lipinski definition) is 0. The molecule has 79 heavy (non-hydrogen) atoms. The van der Waals surface area contributed by atoms with Crippen molar-refractivity contribution in [2.75, 3.05) is 13.2 Å². The third-order valence-electron chi connectivity index (χ3n) is 13.4. The molecule has 0 aliphatic rings. The van der Waals surface area contributed by atoms with Gasteiger partial charge in [-0.3, -0.25) is 14.4 Å². The van der Waals surface area contributed by atoms with Crippen LogP contribution in [0.25, 0.3) is 0 Å². The van der Waals surface area contributed by atoms with Crippen LogP contribution in [0.3, 0.4) is 0 Å². The smallest absolute Gasteiger partial charge is 0.306 e. The Morgan fingerprint density at radius 1 is 0.266 bits per heavy atom. The van der Waals surface area contributed by atoms with Crippen molar-refractivity contribution in [2.24, 2.45) is 0 Å². The van der Waals surface area contributed by atoms with Gasteiger partial charge >= 0.3 is 17.9 Å². The first-order chi connectivity index (χ1) is 39.0. The van der Waals surface area contributed by atoms with Gasteiger partial charge in [-0.2, -0.15) is 0 Å². The fourth-order valence-electron chi connectivity index (χ4n) is 8.59. The van der Waals surface area contributed by atoms with E-state index < -0.39 is 12.1 Å². The lowest BCUT2D eigenvalue weighted by Crippen LogP contribution is -2.30. The van der Waals surface area contributed by atoms with E-state index in [0.29, 0.717) is 19.3 Å². The van der Waals surface area contributed by atoms with Crippen LogP contribution in [0.1, 0.15) is 278 Å². The standard InChI is InChI=1S/C73H118O6/c1-4-7-10-13-16-19-22-25-28-30-32-33-34-35-36-37-38-39-41-42-45-48-51-54-57-60-63-66-72(75)78-69-70(68-77-71(74)65-62-59-56-53-50-47-44-27-24-21-18-15-12-9-6-3)79-73(76)67-64-61-58-55-52-49-46-43-40-31-29-26-23-20-17-14-11-8-5-2/h7-8,10-11,16-17,19-20,25-26,28-29,32-33,35-36,38-40,43,49,52,58,61,70H,4-6,9,12-15,18,21-24,27,30-31,34,37,41-42,44-48,50-51,53-57,59-60,62-69H2,1-3H3/b10-7-,11-8-,19-16-,20-17-,28-25-,29-26-,33-32-,36-35-,39-38-,43-40-,52-49-,61-58-. The van der Waals surface area contributed by atoms with Crippen molar-refractivity contribution < 1.29 is 28.6 Å². The number of esters is 3. The van der Waals surface area contributed by atoms with Gasteiger partial charge in [0.1, 0.15) is 13.2 Å². The van der Waals surface area contributed by atoms with E-state index in [1.54, 1.807) is 0 Å². The van der Waals surface area contributed by atoms with Crippen LogP contribution in [-0.4, -0.2) is 37.2 Å². The zero-order valence-corrected chi connectivity index (χ0v) is 51.1. The van der Waals surface area contributed by atoms with Crippen LogP contribution in [0.4, 0.5) is 0 Å². The minimum absolute atomic E-state index is 0.113. The SMILES string of the molecule is CC/C=C\C/C=C\C/C=C\C/C=C\C/C=C\C/C=C\CCCCCCCCCCC(=O)OCC(COC(=O)CCCCCCCCCCCCCCCCC)OC(=O)CC/C=C\C/C=C\C/C=C\C/C=C\C/C=C\C/C=C\CC. The normalized spacial score (nSPS) is 13.1. The van der Waals surface area contributed by atoms with Crippen molar-refractivity contribution in [3.63, 3.8) is 0 Å². The predicted octanol–water partition coefficient (Wildman–Crippen LogP) is 22.3. The third-order valence-corrected chi connectivity index (χ3v) is 13.4. The Labute approximate surface area is 487 Å². The topological polar surface area (TPSA) is 78.9 Å². The fourth-order valence-corrected chi connectivity index (χ4v) is 8.59. The maximum Gasteiger partial charge on any atom is 0.306 e. The average molecular weight is 1090 g/mol. The molecule has 0 aliphatic heterocycles. The molecule has 6 heteroatoms. The summed E-state index contributed by atoms with van der Waals surface area (Å²) in [5, 5.41) is 0. The van der Waals surface area contributed by atoms with Crippen molar-refractivity contribution >= 4 is 17.9 Å². The summed E-state index contributed by atoms with van der Waals surface area (Å²) in [5.74, 6) is -1.00. The lowest BCUT2D eigenvalue weighted by Gasteiger charge is -2.18. The molecule has 0 spiro atoms. The molecule has 6 nitrogen and oxygen atoms in total. The van der Waals surface area contributed by atoms with Gasteiger partial charge < -0.3 is 14.2 Å². The quantitative estimate of drug-likeness (QED) is 0.0261. The molecule has 446 valence electrons. The summed E-state index contributed by atoms with van der Waals surface area (Å²) < 4.78 is 16.9. The lowest BCUT2D eigenvalue weighted by molar-refractivity contribution is -0.166. The van der Waals surface area contributed by atoms with Crippen LogP contribution in [0.2, 0.25) is 0 Å². The Hall–Kier alpha value is -4.71. The molecule has 0 heterocycles. The summed E-state index contributed by atoms with van der Waals surface area (Å²) >= 11 is 0. The summed E-state index contributed by atoms with van der Waals surface area (Å²) in [4.78, 5) is 38.3. The summed E-state index contributed by atoms with van der Waals surface area (Å²) in [6, 6.07) is 0. The molecule has 0 amide bonds. The second-order valence-electron chi connectivity index (χ2n) is 20.9. The van der Waals surface area contributed by atoms with E-state index >= 15 is 0 Å². The number of ether oxygens (including phenoxy) is 3. The Balaban J connectivity index is 4.46. The highest BCUT2D eigenvalue weighted by atomic mass is 16.6. The first-order valence-electron chi connectivity index (χ1n) is 32.3. The molecular weight excluding hydrogens is 973 g/mol. The molecule has 0 aromatic heterocycles. The highest BCUT2D eigenvalue weighted by molar-refractivity contribution is 5.71. The van der Waals surface area contributed by atoms with E-state index in [9.17, 15) is 14.4 Å². The Morgan fingerprint density at radius 2 is 0.519 bits per heavy atom. The molecule has 1 unspecified atom stereocenters. The third kappa shape index (κ3) is 64.0. The van der Waals surface area contributed by atoms with Gasteiger partial charge in [0, 0.05) is 19.3 Å². The number of hydrogen-bond acceptors (Lipinski definition) is 6. The highest BCUT2D eigenvalue weighted by Gasteiger charge is 2.19. The van der Waals surface area contributed by atoms with Gasteiger partial charge in [0.2, 0.25) is 0 Å². The average Bonchev–Trinajstić information content (AvgIpc) is 3.45. The summed E-state index contributed by atoms with van der Waals surface area (Å²) in [6.45, 7) is 6.36. The molecule has 0 radical (unpaired) electrons. The first-order valence-corrected chi connectivity index (χ1v) is 32.3. The van der Waals surface area contributed by atoms with E-state index in [4.69, 9.17) is 14.2 Å². The Bertz CT molecular complexity index is 1730. The van der Waals surface area contributed by atoms with Gasteiger partial charge in [0.15, 0.2) is 6.10 Å². The molecule has 1 atom stereocenters. The van der Waals surface area contributed by atoms with Crippen LogP contribution in [-0.2, 0) is 28.6 Å². The van der Waals surface area contributed by atoms with Gasteiger partial charge in [-0.05, 0) is 109 Å². The first kappa shape index (κ1) is 74.3. The molecule has 0 N–H and O–H groups in total. The van der Waals surface area contributed by atoms with Crippen molar-refractivity contribution in [1.29, 1.82) is 0 Å². The van der Waals surface area contributed by atoms with E-state index in [1.165, 1.54) is 109 Å². The minimum Gasteiger partial charge on any atom is -0.462 e. The van der Waals surface area contributed by atoms with Crippen LogP contribution >= 0.6 is 0 Å². The van der Waals surface area contributed by atoms with Gasteiger partial charge in [0.05, 0.1) is 0 Å². The van der Waals surface area contributed by atoms with E-state index in [0.717, 1.165) is 122 Å². The highest BCUT2D eigenvalue weighted by Crippen LogP contribution is 2.15. The molecule has 0 rings (SSSR count). The van der Waals surface area contributed by atoms with Crippen molar-refractivity contribution in [3.8, 4) is 0 Å². The van der Waals surface area contributed by atoms with Crippen LogP contribution in [0, 0.1) is 0 Å². The van der Waals surface area contributed by atoms with Crippen LogP contribution in [0.5, 0.6) is 0 Å². The zero-order chi connectivity index (χ0) is 57.1. The number of carbonyl (C=O) groups excluding carboxylic acids is 3. The minimum atomic E-state index is -0.828. The second kappa shape index (κ2) is 65.8. The van der Waals surface area contributed by atoms with Crippen LogP contribution < -0.4 is 0 Å². The predicted molar refractivity (Wildman–Crippen MR) is 343 cm³/mol. The van der Waals surface area contributed by atoms with E-state index in [1.807, 2.05) is 6.08 Å². The van der Waals surface area contributed by atoms with Crippen molar-refractivity contribution in [3.05, 3.63) is 146 Å². The van der Waals surface area contributed by atoms with Gasteiger partial charge in [-0.1, -0.05) is 295 Å². The Kier molecular flexibility index (Phi) is 61.9. The van der Waals surface area contributed by atoms with E-state index in [2.05, 4.69) is 161 Å². The van der Waals surface area contributed by atoms with Gasteiger partial charge in [0.25, 0.3) is 0 Å². The summed E-state index contributed by atoms with van der Waals surface area (Å²) in [6.07, 6.45) is 94.3. The molecule has 0 aromatic rings. The zero-order valence-electron chi connectivity index (χ0n) is 51.1. The summed E-state index contributed by atoms with van der Waals surface area (Å²) in [7, 11) is 0. The number of rotatable bonds is 57. The number of carbonyl (C=O) groups is 3. The molecule has 0 aliphatic carbocycles. The second-order valence-corrected chi connectivity index (χ2v) is 20.9. The fraction of sp³-hybridized carbons (Fsp3) is 0.630. The summed E-state index contributed by atoms with van der Waals surface area (Å²) in [5.41, 5.74) is 0. The Morgan fingerprint density at radius 3 is 0.823 bits per heavy atom. The maximum atomic E-state index is 12.9. The molecule has 0 aromatic carbocycles. The van der Waals surface area contributed by atoms with E-state index in [-0.39, 0.29) is 31.6 Å². The van der Waals surface area contributed by atoms with Crippen molar-refractivity contribution in [1.82, 2.24) is 0 Å². The van der Waals surface area contributed by atoms with Crippen LogP contribution in [0.15, 0.2) is 146 Å². The maximum absolute atomic E-state index is 12.9. The molecule has 0 fully saturated rings. The molecular formula is C73H118O6. The van der Waals surface area contributed by atoms with Gasteiger partial charge in [-0.15, -0.1) is 0 Å². The lowest BCUT2D eigenvalue weighted by atomic mass is 10.0. The monoisotopic (exact) mass is 1090 g/mol. The number of allylic oxidation sites excluding steroid dienone is 24. The van der Waals surface area contributed by atoms with Gasteiger partial charge in [-0.25, -0.2) is 0 Å². The van der Waals surface area contributed by atoms with Crippen molar-refractivity contribution in [2.45, 2.75) is 284 Å². The largest absolute Gasteiger partial charge is 0.462 e. The molecule has 0 saturated carbocycles. The molecule has 0 saturated heterocycles. The number of unbranched alkanes of at least 4 members (excludes halogenated alkanes) is 22.